The van der Waals surface area contributed by atoms with Crippen LogP contribution in [0.5, 0.6) is 0 Å². The highest BCUT2D eigenvalue weighted by Crippen LogP contribution is 2.16. The number of benzene rings is 1. The number of pyridine rings is 1. The zero-order chi connectivity index (χ0) is 17.8. The second kappa shape index (κ2) is 7.44. The van der Waals surface area contributed by atoms with Crippen LogP contribution in [0.2, 0.25) is 0 Å². The minimum atomic E-state index is -0.263. The van der Waals surface area contributed by atoms with Crippen molar-refractivity contribution in [2.24, 2.45) is 0 Å². The van der Waals surface area contributed by atoms with Gasteiger partial charge >= 0.3 is 0 Å². The Kier molecular flexibility index (Phi) is 5.09. The Morgan fingerprint density at radius 2 is 1.68 bits per heavy atom. The van der Waals surface area contributed by atoms with Gasteiger partial charge in [0.1, 0.15) is 5.69 Å². The lowest BCUT2D eigenvalue weighted by molar-refractivity contribution is 0.101. The van der Waals surface area contributed by atoms with E-state index in [1.807, 2.05) is 6.07 Å². The lowest BCUT2D eigenvalue weighted by Gasteiger charge is -2.33. The van der Waals surface area contributed by atoms with Gasteiger partial charge in [-0.05, 0) is 50.4 Å². The molecule has 0 spiro atoms. The Morgan fingerprint density at radius 1 is 1.00 bits per heavy atom. The molecule has 0 radical (unpaired) electrons. The molecule has 25 heavy (non-hydrogen) atoms. The van der Waals surface area contributed by atoms with Crippen LogP contribution in [0, 0.1) is 0 Å². The smallest absolute Gasteiger partial charge is 0.274 e. The van der Waals surface area contributed by atoms with Crippen molar-refractivity contribution in [2.75, 3.05) is 43.4 Å². The molecule has 2 heterocycles. The van der Waals surface area contributed by atoms with Gasteiger partial charge in [0, 0.05) is 37.4 Å². The molecule has 1 aromatic heterocycles. The second-order valence-electron chi connectivity index (χ2n) is 6.28. The third-order valence-corrected chi connectivity index (χ3v) is 4.40. The summed E-state index contributed by atoms with van der Waals surface area (Å²) in [7, 11) is 2.12. The summed E-state index contributed by atoms with van der Waals surface area (Å²) in [5, 5.41) is 2.80. The summed E-state index contributed by atoms with van der Waals surface area (Å²) >= 11 is 0. The number of nitrogens with one attached hydrogen (secondary N) is 1. The molecule has 1 amide bonds. The van der Waals surface area contributed by atoms with Crippen LogP contribution in [0.15, 0.2) is 42.6 Å². The quantitative estimate of drug-likeness (QED) is 0.867. The third kappa shape index (κ3) is 4.22. The third-order valence-electron chi connectivity index (χ3n) is 4.40. The van der Waals surface area contributed by atoms with E-state index in [9.17, 15) is 9.59 Å². The molecule has 6 heteroatoms. The standard InChI is InChI=1S/C19H22N4O2/c1-14(24)15-3-5-16(6-4-15)21-19(25)18-8-7-17(13-20-18)23-11-9-22(2)10-12-23/h3-8,13H,9-12H2,1-2H3,(H,21,25). The van der Waals surface area contributed by atoms with Crippen LogP contribution in [0.3, 0.4) is 0 Å². The van der Waals surface area contributed by atoms with E-state index in [4.69, 9.17) is 0 Å². The van der Waals surface area contributed by atoms with Crippen molar-refractivity contribution in [1.29, 1.82) is 0 Å². The zero-order valence-corrected chi connectivity index (χ0v) is 14.5. The van der Waals surface area contributed by atoms with Crippen molar-refractivity contribution in [3.05, 3.63) is 53.9 Å². The number of rotatable bonds is 4. The number of aromatic nitrogens is 1. The summed E-state index contributed by atoms with van der Waals surface area (Å²) in [5.74, 6) is -0.264. The molecule has 1 fully saturated rings. The van der Waals surface area contributed by atoms with Crippen LogP contribution >= 0.6 is 0 Å². The van der Waals surface area contributed by atoms with Crippen LogP contribution in [-0.2, 0) is 0 Å². The molecule has 3 rings (SSSR count). The maximum atomic E-state index is 12.3. The average molecular weight is 338 g/mol. The number of amides is 1. The highest BCUT2D eigenvalue weighted by molar-refractivity contribution is 6.03. The summed E-state index contributed by atoms with van der Waals surface area (Å²) in [6.45, 7) is 5.49. The van der Waals surface area contributed by atoms with Gasteiger partial charge in [-0.15, -0.1) is 0 Å². The first-order chi connectivity index (χ1) is 12.0. The molecule has 1 N–H and O–H groups in total. The Morgan fingerprint density at radius 3 is 2.24 bits per heavy atom. The summed E-state index contributed by atoms with van der Waals surface area (Å²) in [6.07, 6.45) is 1.75. The lowest BCUT2D eigenvalue weighted by atomic mass is 10.1. The van der Waals surface area contributed by atoms with Gasteiger partial charge in [-0.25, -0.2) is 4.98 Å². The average Bonchev–Trinajstić information content (AvgIpc) is 2.63. The van der Waals surface area contributed by atoms with Crippen LogP contribution in [0.4, 0.5) is 11.4 Å². The van der Waals surface area contributed by atoms with E-state index >= 15 is 0 Å². The molecule has 1 aliphatic rings. The number of carbonyl (C=O) groups is 2. The van der Waals surface area contributed by atoms with Gasteiger partial charge in [-0.2, -0.15) is 0 Å². The fourth-order valence-electron chi connectivity index (χ4n) is 2.76. The molecule has 2 aromatic rings. The lowest BCUT2D eigenvalue weighted by Crippen LogP contribution is -2.44. The predicted octanol–water partition coefficient (Wildman–Crippen LogP) is 2.29. The molecule has 130 valence electrons. The molecule has 1 saturated heterocycles. The minimum Gasteiger partial charge on any atom is -0.368 e. The maximum Gasteiger partial charge on any atom is 0.274 e. The normalized spacial score (nSPS) is 15.0. The van der Waals surface area contributed by atoms with E-state index in [0.29, 0.717) is 16.9 Å². The largest absolute Gasteiger partial charge is 0.368 e. The van der Waals surface area contributed by atoms with E-state index in [2.05, 4.69) is 27.1 Å². The monoisotopic (exact) mass is 338 g/mol. The number of piperazine rings is 1. The molecule has 6 nitrogen and oxygen atoms in total. The first-order valence-corrected chi connectivity index (χ1v) is 8.35. The molecular formula is C19H22N4O2. The number of ketones is 1. The Bertz CT molecular complexity index is 748. The fourth-order valence-corrected chi connectivity index (χ4v) is 2.76. The van der Waals surface area contributed by atoms with E-state index < -0.39 is 0 Å². The number of anilines is 2. The number of Topliss-reactive ketones (excluding diaryl/α,β-unsaturated/α-hetero) is 1. The Hall–Kier alpha value is -2.73. The molecule has 1 aromatic carbocycles. The number of likely N-dealkylation sites (N-methyl/N-ethyl adjacent to an activating group) is 1. The van der Waals surface area contributed by atoms with Crippen LogP contribution in [-0.4, -0.2) is 54.8 Å². The Balaban J connectivity index is 1.63. The van der Waals surface area contributed by atoms with Crippen molar-refractivity contribution in [3.8, 4) is 0 Å². The Labute approximate surface area is 147 Å². The van der Waals surface area contributed by atoms with E-state index in [-0.39, 0.29) is 11.7 Å². The fraction of sp³-hybridized carbons (Fsp3) is 0.316. The van der Waals surface area contributed by atoms with Gasteiger partial charge in [-0.1, -0.05) is 0 Å². The van der Waals surface area contributed by atoms with Crippen molar-refractivity contribution in [2.45, 2.75) is 6.92 Å². The number of carbonyl (C=O) groups excluding carboxylic acids is 2. The molecule has 1 aliphatic heterocycles. The van der Waals surface area contributed by atoms with Crippen LogP contribution < -0.4 is 10.2 Å². The van der Waals surface area contributed by atoms with E-state index in [1.165, 1.54) is 6.92 Å². The van der Waals surface area contributed by atoms with Crippen LogP contribution in [0.25, 0.3) is 0 Å². The topological polar surface area (TPSA) is 65.5 Å². The first-order valence-electron chi connectivity index (χ1n) is 8.35. The summed E-state index contributed by atoms with van der Waals surface area (Å²) in [5.41, 5.74) is 2.66. The number of hydrogen-bond acceptors (Lipinski definition) is 5. The minimum absolute atomic E-state index is 0.000890. The van der Waals surface area contributed by atoms with Crippen molar-refractivity contribution in [3.63, 3.8) is 0 Å². The highest BCUT2D eigenvalue weighted by Gasteiger charge is 2.15. The van der Waals surface area contributed by atoms with Crippen LogP contribution in [0.1, 0.15) is 27.8 Å². The van der Waals surface area contributed by atoms with E-state index in [0.717, 1.165) is 31.9 Å². The number of hydrogen-bond donors (Lipinski definition) is 1. The molecular weight excluding hydrogens is 316 g/mol. The zero-order valence-electron chi connectivity index (χ0n) is 14.5. The van der Waals surface area contributed by atoms with Gasteiger partial charge in [0.15, 0.2) is 5.78 Å². The van der Waals surface area contributed by atoms with Gasteiger partial charge in [-0.3, -0.25) is 9.59 Å². The molecule has 0 bridgehead atoms. The molecule has 0 saturated carbocycles. The molecule has 0 atom stereocenters. The number of nitrogens with zero attached hydrogens (tertiary/aromatic N) is 3. The van der Waals surface area contributed by atoms with Crippen molar-refractivity contribution >= 4 is 23.1 Å². The van der Waals surface area contributed by atoms with Gasteiger partial charge < -0.3 is 15.1 Å². The van der Waals surface area contributed by atoms with Crippen molar-refractivity contribution < 1.29 is 9.59 Å². The second-order valence-corrected chi connectivity index (χ2v) is 6.28. The summed E-state index contributed by atoms with van der Waals surface area (Å²) in [4.78, 5) is 32.4. The van der Waals surface area contributed by atoms with Gasteiger partial charge in [0.05, 0.1) is 11.9 Å². The van der Waals surface area contributed by atoms with Gasteiger partial charge in [0.2, 0.25) is 0 Å². The summed E-state index contributed by atoms with van der Waals surface area (Å²) < 4.78 is 0. The van der Waals surface area contributed by atoms with Crippen molar-refractivity contribution in [1.82, 2.24) is 9.88 Å². The maximum absolute atomic E-state index is 12.3. The molecule has 0 aliphatic carbocycles. The first kappa shape index (κ1) is 17.1. The van der Waals surface area contributed by atoms with Gasteiger partial charge in [0.25, 0.3) is 5.91 Å². The molecule has 0 unspecified atom stereocenters. The highest BCUT2D eigenvalue weighted by atomic mass is 16.2. The predicted molar refractivity (Wildman–Crippen MR) is 98.3 cm³/mol. The SMILES string of the molecule is CC(=O)c1ccc(NC(=O)c2ccc(N3CCN(C)CC3)cn2)cc1. The van der Waals surface area contributed by atoms with E-state index in [1.54, 1.807) is 36.5 Å². The summed E-state index contributed by atoms with van der Waals surface area (Å²) in [6, 6.07) is 10.5.